The van der Waals surface area contributed by atoms with Crippen LogP contribution in [0.2, 0.25) is 0 Å². The Labute approximate surface area is 252 Å². The summed E-state index contributed by atoms with van der Waals surface area (Å²) >= 11 is 5.64. The van der Waals surface area contributed by atoms with E-state index >= 15 is 0 Å². The first-order chi connectivity index (χ1) is 20.6. The molecule has 0 aliphatic heterocycles. The zero-order valence-corrected chi connectivity index (χ0v) is 24.3. The molecule has 1 atom stereocenters. The van der Waals surface area contributed by atoms with Gasteiger partial charge in [0.25, 0.3) is 0 Å². The minimum atomic E-state index is -3.32. The van der Waals surface area contributed by atoms with Crippen LogP contribution in [-0.4, -0.2) is 4.21 Å². The summed E-state index contributed by atoms with van der Waals surface area (Å²) in [6, 6.07) is 55.3. The van der Waals surface area contributed by atoms with Gasteiger partial charge in [0, 0.05) is 51.4 Å². The summed E-state index contributed by atoms with van der Waals surface area (Å²) in [6.07, 6.45) is 0. The van der Waals surface area contributed by atoms with Crippen LogP contribution in [0.15, 0.2) is 175 Å². The SMILES string of the molecule is O=S(=S)(Oc1cccc(N(c2ccccc2)c2ccccc2)c1)c1cccc(N(c2ccccc2)c2ccccc2)c1. The average Bonchev–Trinajstić information content (AvgIpc) is 3.04. The molecule has 0 amide bonds. The molecule has 6 aromatic carbocycles. The second kappa shape index (κ2) is 12.3. The number of hydrogen-bond acceptors (Lipinski definition) is 5. The third-order valence-electron chi connectivity index (χ3n) is 6.70. The van der Waals surface area contributed by atoms with Crippen molar-refractivity contribution < 1.29 is 8.39 Å². The van der Waals surface area contributed by atoms with Gasteiger partial charge in [-0.05, 0) is 78.9 Å². The molecule has 6 heteroatoms. The van der Waals surface area contributed by atoms with E-state index in [1.807, 2.05) is 158 Å². The minimum absolute atomic E-state index is 0.428. The van der Waals surface area contributed by atoms with E-state index in [-0.39, 0.29) is 0 Å². The molecule has 0 radical (unpaired) electrons. The molecule has 0 aromatic heterocycles. The van der Waals surface area contributed by atoms with Gasteiger partial charge in [0.15, 0.2) is 0 Å². The zero-order chi connectivity index (χ0) is 28.8. The van der Waals surface area contributed by atoms with Crippen LogP contribution in [-0.2, 0) is 20.0 Å². The van der Waals surface area contributed by atoms with Crippen molar-refractivity contribution in [3.05, 3.63) is 170 Å². The molecule has 0 fully saturated rings. The number of nitrogens with zero attached hydrogens (tertiary/aromatic N) is 2. The van der Waals surface area contributed by atoms with Gasteiger partial charge in [-0.15, -0.1) is 0 Å². The Bertz CT molecular complexity index is 1790. The van der Waals surface area contributed by atoms with E-state index in [0.29, 0.717) is 10.6 Å². The average molecular weight is 585 g/mol. The molecule has 0 saturated heterocycles. The van der Waals surface area contributed by atoms with Crippen LogP contribution in [0, 0.1) is 0 Å². The van der Waals surface area contributed by atoms with Crippen molar-refractivity contribution >= 4 is 54.1 Å². The van der Waals surface area contributed by atoms with Crippen LogP contribution in [0.25, 0.3) is 0 Å². The van der Waals surface area contributed by atoms with Gasteiger partial charge < -0.3 is 14.0 Å². The van der Waals surface area contributed by atoms with Gasteiger partial charge in [-0.25, -0.2) is 4.21 Å². The summed E-state index contributed by atoms with van der Waals surface area (Å²) in [6.45, 7) is 0. The quantitative estimate of drug-likeness (QED) is 0.169. The van der Waals surface area contributed by atoms with Gasteiger partial charge in [0.1, 0.15) is 5.75 Å². The zero-order valence-electron chi connectivity index (χ0n) is 22.7. The lowest BCUT2D eigenvalue weighted by molar-refractivity contribution is 0.559. The number of rotatable bonds is 9. The van der Waals surface area contributed by atoms with Crippen molar-refractivity contribution in [2.75, 3.05) is 9.80 Å². The summed E-state index contributed by atoms with van der Waals surface area (Å²) < 4.78 is 20.1. The van der Waals surface area contributed by atoms with Crippen LogP contribution in [0.3, 0.4) is 0 Å². The number of anilines is 6. The molecule has 0 N–H and O–H groups in total. The van der Waals surface area contributed by atoms with E-state index in [0.717, 1.165) is 34.1 Å². The lowest BCUT2D eigenvalue weighted by Crippen LogP contribution is -2.13. The molecule has 206 valence electrons. The Balaban J connectivity index is 1.34. The van der Waals surface area contributed by atoms with Crippen molar-refractivity contribution in [3.8, 4) is 5.75 Å². The Morgan fingerprint density at radius 3 is 1.21 bits per heavy atom. The van der Waals surface area contributed by atoms with Gasteiger partial charge in [-0.3, -0.25) is 0 Å². The molecule has 6 rings (SSSR count). The van der Waals surface area contributed by atoms with Gasteiger partial charge >= 0.3 is 0 Å². The van der Waals surface area contributed by atoms with E-state index in [1.54, 1.807) is 12.1 Å². The Hall–Kier alpha value is -4.91. The van der Waals surface area contributed by atoms with Gasteiger partial charge in [0.05, 0.1) is 4.90 Å². The Morgan fingerprint density at radius 2 is 0.786 bits per heavy atom. The second-order valence-electron chi connectivity index (χ2n) is 9.55. The Morgan fingerprint density at radius 1 is 0.429 bits per heavy atom. The van der Waals surface area contributed by atoms with E-state index in [9.17, 15) is 4.21 Å². The maximum absolute atomic E-state index is 14.0. The predicted octanol–water partition coefficient (Wildman–Crippen LogP) is 9.73. The number of hydrogen-bond donors (Lipinski definition) is 0. The highest BCUT2D eigenvalue weighted by Gasteiger charge is 2.19. The van der Waals surface area contributed by atoms with Crippen LogP contribution in [0.5, 0.6) is 5.75 Å². The molecule has 0 heterocycles. The maximum Gasteiger partial charge on any atom is 0.215 e. The fourth-order valence-corrected chi connectivity index (χ4v) is 6.34. The van der Waals surface area contributed by atoms with Crippen molar-refractivity contribution in [2.45, 2.75) is 4.90 Å². The van der Waals surface area contributed by atoms with Gasteiger partial charge in [-0.1, -0.05) is 84.9 Å². The fourth-order valence-electron chi connectivity index (χ4n) is 4.83. The molecule has 0 aliphatic carbocycles. The van der Waals surface area contributed by atoms with Crippen molar-refractivity contribution in [1.82, 2.24) is 0 Å². The number of para-hydroxylation sites is 4. The van der Waals surface area contributed by atoms with E-state index in [1.165, 1.54) is 0 Å². The fraction of sp³-hybridized carbons (Fsp3) is 0. The molecule has 0 spiro atoms. The molecule has 42 heavy (non-hydrogen) atoms. The minimum Gasteiger partial charge on any atom is -0.397 e. The van der Waals surface area contributed by atoms with Crippen LogP contribution in [0.1, 0.15) is 0 Å². The van der Waals surface area contributed by atoms with Gasteiger partial charge in [0.2, 0.25) is 8.77 Å². The first-order valence-electron chi connectivity index (χ1n) is 13.5. The van der Waals surface area contributed by atoms with Gasteiger partial charge in [-0.2, -0.15) is 0 Å². The monoisotopic (exact) mass is 584 g/mol. The lowest BCUT2D eigenvalue weighted by atomic mass is 10.2. The summed E-state index contributed by atoms with van der Waals surface area (Å²) in [5.74, 6) is 0.428. The molecular weight excluding hydrogens is 557 g/mol. The standard InChI is InChI=1S/C36H28N2O2S2/c39-42(41,36-26-14-24-34(28-36)38(31-19-9-3-10-20-31)32-21-11-4-12-22-32)40-35-25-13-23-33(27-35)37(29-15-5-1-6-16-29)30-17-7-2-8-18-30/h1-28H. The van der Waals surface area contributed by atoms with Crippen LogP contribution < -0.4 is 14.0 Å². The molecule has 0 aliphatic rings. The summed E-state index contributed by atoms with van der Waals surface area (Å²) in [5.41, 5.74) is 5.64. The summed E-state index contributed by atoms with van der Waals surface area (Å²) in [5, 5.41) is 0. The highest BCUT2D eigenvalue weighted by Crippen LogP contribution is 2.38. The topological polar surface area (TPSA) is 32.8 Å². The first-order valence-corrected chi connectivity index (χ1v) is 15.9. The van der Waals surface area contributed by atoms with Crippen molar-refractivity contribution in [3.63, 3.8) is 0 Å². The lowest BCUT2D eigenvalue weighted by Gasteiger charge is -2.26. The van der Waals surface area contributed by atoms with E-state index in [2.05, 4.69) is 9.80 Å². The first kappa shape index (κ1) is 27.3. The van der Waals surface area contributed by atoms with E-state index < -0.39 is 8.77 Å². The predicted molar refractivity (Wildman–Crippen MR) is 177 cm³/mol. The van der Waals surface area contributed by atoms with E-state index in [4.69, 9.17) is 15.4 Å². The van der Waals surface area contributed by atoms with Crippen molar-refractivity contribution in [1.29, 1.82) is 0 Å². The summed E-state index contributed by atoms with van der Waals surface area (Å²) in [7, 11) is -3.32. The molecule has 6 aromatic rings. The largest absolute Gasteiger partial charge is 0.397 e. The maximum atomic E-state index is 14.0. The highest BCUT2D eigenvalue weighted by molar-refractivity contribution is 8.30. The smallest absolute Gasteiger partial charge is 0.215 e. The molecule has 1 unspecified atom stereocenters. The third-order valence-corrected chi connectivity index (χ3v) is 8.73. The van der Waals surface area contributed by atoms with Crippen molar-refractivity contribution in [2.24, 2.45) is 0 Å². The highest BCUT2D eigenvalue weighted by atomic mass is 32.8. The Kier molecular flexibility index (Phi) is 7.99. The van der Waals surface area contributed by atoms with Crippen LogP contribution >= 0.6 is 0 Å². The molecular formula is C36H28N2O2S2. The van der Waals surface area contributed by atoms with Crippen LogP contribution in [0.4, 0.5) is 34.1 Å². The molecule has 4 nitrogen and oxygen atoms in total. The molecule has 0 saturated carbocycles. The normalized spacial score (nSPS) is 12.2. The second-order valence-corrected chi connectivity index (χ2v) is 12.4. The summed E-state index contributed by atoms with van der Waals surface area (Å²) in [4.78, 5) is 4.66. The molecule has 0 bridgehead atoms. The number of benzene rings is 6. The third kappa shape index (κ3) is 6.05.